The molecule has 1 amide bonds. The fourth-order valence-electron chi connectivity index (χ4n) is 2.71. The summed E-state index contributed by atoms with van der Waals surface area (Å²) in [6, 6.07) is 0. The summed E-state index contributed by atoms with van der Waals surface area (Å²) in [5, 5.41) is 2.94. The highest BCUT2D eigenvalue weighted by Gasteiger charge is 2.22. The number of methoxy groups -OCH3 is 1. The van der Waals surface area contributed by atoms with Crippen molar-refractivity contribution in [3.63, 3.8) is 0 Å². The lowest BCUT2D eigenvalue weighted by Gasteiger charge is -2.21. The van der Waals surface area contributed by atoms with Crippen molar-refractivity contribution in [3.8, 4) is 0 Å². The minimum Gasteiger partial charge on any atom is -0.385 e. The van der Waals surface area contributed by atoms with E-state index < -0.39 is 0 Å². The average Bonchev–Trinajstić information content (AvgIpc) is 2.64. The maximum Gasteiger partial charge on any atom is 0.254 e. The van der Waals surface area contributed by atoms with Crippen LogP contribution in [0.15, 0.2) is 30.0 Å². The summed E-state index contributed by atoms with van der Waals surface area (Å²) in [7, 11) is 3.60. The van der Waals surface area contributed by atoms with Gasteiger partial charge in [0.2, 0.25) is 5.95 Å². The highest BCUT2D eigenvalue weighted by molar-refractivity contribution is 5.95. The van der Waals surface area contributed by atoms with Crippen LogP contribution in [0.4, 0.5) is 5.95 Å². The maximum absolute atomic E-state index is 12.6. The first-order valence-corrected chi connectivity index (χ1v) is 8.76. The quantitative estimate of drug-likeness (QED) is 0.735. The fourth-order valence-corrected chi connectivity index (χ4v) is 2.71. The van der Waals surface area contributed by atoms with Crippen LogP contribution < -0.4 is 10.2 Å². The minimum absolute atomic E-state index is 0.0942. The maximum atomic E-state index is 12.6. The van der Waals surface area contributed by atoms with Gasteiger partial charge in [-0.1, -0.05) is 23.8 Å². The number of allylic oxidation sites excluding steroid dienone is 4. The predicted octanol–water partition coefficient (Wildman–Crippen LogP) is 2.69. The molecule has 1 aromatic heterocycles. The van der Waals surface area contributed by atoms with Gasteiger partial charge in [-0.3, -0.25) is 4.79 Å². The summed E-state index contributed by atoms with van der Waals surface area (Å²) in [5.74, 6) is 0.614. The highest BCUT2D eigenvalue weighted by Crippen LogP contribution is 2.30. The Morgan fingerprint density at radius 1 is 1.48 bits per heavy atom. The van der Waals surface area contributed by atoms with E-state index in [2.05, 4.69) is 29.4 Å². The molecule has 0 spiro atoms. The lowest BCUT2D eigenvalue weighted by atomic mass is 9.90. The first-order chi connectivity index (χ1) is 12.1. The zero-order chi connectivity index (χ0) is 18.2. The molecule has 6 heteroatoms. The van der Waals surface area contributed by atoms with E-state index in [1.54, 1.807) is 13.3 Å². The third-order valence-corrected chi connectivity index (χ3v) is 4.29. The van der Waals surface area contributed by atoms with Crippen molar-refractivity contribution in [1.29, 1.82) is 0 Å². The Bertz CT molecular complexity index is 655. The van der Waals surface area contributed by atoms with Crippen LogP contribution in [-0.2, 0) is 4.74 Å². The Kier molecular flexibility index (Phi) is 7.13. The second kappa shape index (κ2) is 9.32. The molecule has 0 saturated heterocycles. The topological polar surface area (TPSA) is 67.4 Å². The number of amides is 1. The van der Waals surface area contributed by atoms with Crippen molar-refractivity contribution in [2.75, 3.05) is 38.8 Å². The number of ether oxygens (including phenoxy) is 1. The van der Waals surface area contributed by atoms with Gasteiger partial charge >= 0.3 is 0 Å². The van der Waals surface area contributed by atoms with E-state index in [-0.39, 0.29) is 11.8 Å². The van der Waals surface area contributed by atoms with Gasteiger partial charge in [0.25, 0.3) is 5.91 Å². The minimum atomic E-state index is -0.127. The predicted molar refractivity (Wildman–Crippen MR) is 100 cm³/mol. The normalized spacial score (nSPS) is 16.5. The Hall–Kier alpha value is -2.21. The van der Waals surface area contributed by atoms with Crippen molar-refractivity contribution in [2.45, 2.75) is 32.6 Å². The van der Waals surface area contributed by atoms with Crippen LogP contribution in [0.2, 0.25) is 0 Å². The molecule has 0 saturated carbocycles. The van der Waals surface area contributed by atoms with Gasteiger partial charge in [-0.25, -0.2) is 9.97 Å². The summed E-state index contributed by atoms with van der Waals surface area (Å²) >= 11 is 0. The second-order valence-corrected chi connectivity index (χ2v) is 6.29. The van der Waals surface area contributed by atoms with Crippen molar-refractivity contribution < 1.29 is 9.53 Å². The third kappa shape index (κ3) is 5.13. The molecule has 136 valence electrons. The second-order valence-electron chi connectivity index (χ2n) is 6.29. The lowest BCUT2D eigenvalue weighted by molar-refractivity contribution is 0.0946. The first kappa shape index (κ1) is 19.1. The van der Waals surface area contributed by atoms with Crippen LogP contribution in [0.1, 0.15) is 48.7 Å². The number of hydrogen-bond acceptors (Lipinski definition) is 5. The summed E-state index contributed by atoms with van der Waals surface area (Å²) in [6.45, 7) is 6.15. The number of nitrogens with zero attached hydrogens (tertiary/aromatic N) is 3. The van der Waals surface area contributed by atoms with Crippen LogP contribution in [0.3, 0.4) is 0 Å². The van der Waals surface area contributed by atoms with Gasteiger partial charge in [0, 0.05) is 46.0 Å². The highest BCUT2D eigenvalue weighted by atomic mass is 16.5. The van der Waals surface area contributed by atoms with Gasteiger partial charge in [0.15, 0.2) is 0 Å². The summed E-state index contributed by atoms with van der Waals surface area (Å²) < 4.78 is 5.02. The van der Waals surface area contributed by atoms with Gasteiger partial charge in [-0.05, 0) is 26.7 Å². The molecule has 1 aliphatic rings. The molecule has 6 nitrogen and oxygen atoms in total. The van der Waals surface area contributed by atoms with E-state index in [0.29, 0.717) is 24.7 Å². The van der Waals surface area contributed by atoms with Gasteiger partial charge in [-0.15, -0.1) is 0 Å². The zero-order valence-electron chi connectivity index (χ0n) is 15.6. The van der Waals surface area contributed by atoms with E-state index in [1.165, 1.54) is 5.57 Å². The van der Waals surface area contributed by atoms with Crippen LogP contribution in [0, 0.1) is 0 Å². The van der Waals surface area contributed by atoms with Gasteiger partial charge in [0.1, 0.15) is 0 Å². The molecule has 1 atom stereocenters. The molecule has 1 aromatic rings. The molecule has 2 rings (SSSR count). The number of aromatic nitrogens is 2. The molecule has 0 fully saturated rings. The molecule has 25 heavy (non-hydrogen) atoms. The molecule has 1 aliphatic carbocycles. The molecule has 1 unspecified atom stereocenters. The van der Waals surface area contributed by atoms with Crippen LogP contribution in [0.25, 0.3) is 0 Å². The SMILES string of the molecule is CCN(C)c1ncc(C(=O)NCCCOC)c(C2C=CC=C(C)C2)n1. The van der Waals surface area contributed by atoms with Crippen molar-refractivity contribution in [3.05, 3.63) is 41.3 Å². The van der Waals surface area contributed by atoms with Crippen LogP contribution >= 0.6 is 0 Å². The van der Waals surface area contributed by atoms with E-state index in [0.717, 1.165) is 25.1 Å². The number of nitrogens with one attached hydrogen (secondary N) is 1. The number of rotatable bonds is 8. The number of hydrogen-bond donors (Lipinski definition) is 1. The van der Waals surface area contributed by atoms with Gasteiger partial charge < -0.3 is 15.0 Å². The molecule has 0 aliphatic heterocycles. The molecule has 0 aromatic carbocycles. The third-order valence-electron chi connectivity index (χ3n) is 4.29. The molecule has 0 bridgehead atoms. The van der Waals surface area contributed by atoms with Crippen molar-refractivity contribution in [1.82, 2.24) is 15.3 Å². The lowest BCUT2D eigenvalue weighted by Crippen LogP contribution is -2.28. The van der Waals surface area contributed by atoms with Crippen molar-refractivity contribution >= 4 is 11.9 Å². The standard InChI is InChI=1S/C19H28N4O2/c1-5-23(3)19-21-13-16(18(24)20-10-7-11-25-4)17(22-19)15-9-6-8-14(2)12-15/h6,8-9,13,15H,5,7,10-12H2,1-4H3,(H,20,24). The number of carbonyl (C=O) groups is 1. The Labute approximate surface area is 150 Å². The van der Waals surface area contributed by atoms with Gasteiger partial charge in [0.05, 0.1) is 11.3 Å². The molecule has 0 radical (unpaired) electrons. The average molecular weight is 344 g/mol. The number of carbonyl (C=O) groups excluding carboxylic acids is 1. The monoisotopic (exact) mass is 344 g/mol. The molecule has 1 N–H and O–H groups in total. The summed E-state index contributed by atoms with van der Waals surface area (Å²) in [4.78, 5) is 23.7. The van der Waals surface area contributed by atoms with E-state index in [4.69, 9.17) is 9.72 Å². The van der Waals surface area contributed by atoms with E-state index >= 15 is 0 Å². The molecular weight excluding hydrogens is 316 g/mol. The Morgan fingerprint density at radius 3 is 2.96 bits per heavy atom. The fraction of sp³-hybridized carbons (Fsp3) is 0.526. The van der Waals surface area contributed by atoms with Crippen LogP contribution in [0.5, 0.6) is 0 Å². The van der Waals surface area contributed by atoms with E-state index in [9.17, 15) is 4.79 Å². The molecular formula is C19H28N4O2. The molecule has 1 heterocycles. The van der Waals surface area contributed by atoms with Crippen LogP contribution in [-0.4, -0.2) is 49.7 Å². The van der Waals surface area contributed by atoms with Crippen molar-refractivity contribution in [2.24, 2.45) is 0 Å². The smallest absolute Gasteiger partial charge is 0.254 e. The largest absolute Gasteiger partial charge is 0.385 e. The number of anilines is 1. The Balaban J connectivity index is 2.26. The zero-order valence-corrected chi connectivity index (χ0v) is 15.6. The van der Waals surface area contributed by atoms with E-state index in [1.807, 2.05) is 24.9 Å². The Morgan fingerprint density at radius 2 is 2.28 bits per heavy atom. The summed E-state index contributed by atoms with van der Waals surface area (Å²) in [6.07, 6.45) is 9.53. The summed E-state index contributed by atoms with van der Waals surface area (Å²) in [5.41, 5.74) is 2.62. The van der Waals surface area contributed by atoms with Gasteiger partial charge in [-0.2, -0.15) is 0 Å². The first-order valence-electron chi connectivity index (χ1n) is 8.76.